The van der Waals surface area contributed by atoms with Gasteiger partial charge in [-0.1, -0.05) is 15.9 Å². The van der Waals surface area contributed by atoms with Gasteiger partial charge in [0.25, 0.3) is 0 Å². The third-order valence-electron chi connectivity index (χ3n) is 2.00. The van der Waals surface area contributed by atoms with Crippen molar-refractivity contribution in [2.75, 3.05) is 13.2 Å². The van der Waals surface area contributed by atoms with Crippen LogP contribution >= 0.6 is 15.9 Å². The lowest BCUT2D eigenvalue weighted by Gasteiger charge is -2.06. The zero-order chi connectivity index (χ0) is 11.1. The standard InChI is InChI=1S/C11H15BrFNO/c12-9-4-5-11(10(13)8-9)15-7-3-1-2-6-14/h4-5,8H,1-3,6-7,14H2. The van der Waals surface area contributed by atoms with E-state index < -0.39 is 0 Å². The summed E-state index contributed by atoms with van der Waals surface area (Å²) in [6.45, 7) is 1.24. The minimum Gasteiger partial charge on any atom is -0.491 e. The van der Waals surface area contributed by atoms with Gasteiger partial charge in [-0.05, 0) is 44.0 Å². The van der Waals surface area contributed by atoms with E-state index in [4.69, 9.17) is 10.5 Å². The van der Waals surface area contributed by atoms with Gasteiger partial charge in [-0.3, -0.25) is 0 Å². The number of benzene rings is 1. The Hall–Kier alpha value is -0.610. The monoisotopic (exact) mass is 275 g/mol. The minimum absolute atomic E-state index is 0.311. The van der Waals surface area contributed by atoms with E-state index in [2.05, 4.69) is 15.9 Å². The summed E-state index contributed by atoms with van der Waals surface area (Å²) in [6, 6.07) is 4.79. The molecule has 0 saturated carbocycles. The molecule has 0 bridgehead atoms. The van der Waals surface area contributed by atoms with Crippen molar-refractivity contribution < 1.29 is 9.13 Å². The first-order valence-corrected chi connectivity index (χ1v) is 5.81. The Morgan fingerprint density at radius 1 is 1.27 bits per heavy atom. The Labute approximate surface area is 97.7 Å². The first-order valence-electron chi connectivity index (χ1n) is 5.02. The van der Waals surface area contributed by atoms with Crippen LogP contribution in [0, 0.1) is 5.82 Å². The van der Waals surface area contributed by atoms with Crippen molar-refractivity contribution in [3.05, 3.63) is 28.5 Å². The molecule has 0 amide bonds. The molecule has 15 heavy (non-hydrogen) atoms. The highest BCUT2D eigenvalue weighted by Gasteiger charge is 2.02. The Kier molecular flexibility index (Phi) is 5.65. The van der Waals surface area contributed by atoms with Crippen LogP contribution in [0.15, 0.2) is 22.7 Å². The van der Waals surface area contributed by atoms with Crippen molar-refractivity contribution in [3.63, 3.8) is 0 Å². The largest absolute Gasteiger partial charge is 0.491 e. The molecule has 0 aliphatic carbocycles. The van der Waals surface area contributed by atoms with Crippen molar-refractivity contribution in [2.24, 2.45) is 5.73 Å². The third-order valence-corrected chi connectivity index (χ3v) is 2.49. The fourth-order valence-corrected chi connectivity index (χ4v) is 1.53. The molecule has 84 valence electrons. The Balaban J connectivity index is 2.31. The number of hydrogen-bond donors (Lipinski definition) is 1. The normalized spacial score (nSPS) is 10.3. The van der Waals surface area contributed by atoms with E-state index in [0.29, 0.717) is 18.9 Å². The van der Waals surface area contributed by atoms with Gasteiger partial charge in [0, 0.05) is 4.47 Å². The second kappa shape index (κ2) is 6.80. The number of hydrogen-bond acceptors (Lipinski definition) is 2. The molecule has 0 unspecified atom stereocenters. The summed E-state index contributed by atoms with van der Waals surface area (Å²) in [7, 11) is 0. The van der Waals surface area contributed by atoms with Gasteiger partial charge in [0.1, 0.15) is 0 Å². The number of halogens is 2. The molecule has 2 N–H and O–H groups in total. The van der Waals surface area contributed by atoms with Crippen LogP contribution < -0.4 is 10.5 Å². The van der Waals surface area contributed by atoms with E-state index in [-0.39, 0.29) is 5.82 Å². The molecule has 0 aliphatic heterocycles. The first kappa shape index (κ1) is 12.5. The summed E-state index contributed by atoms with van der Waals surface area (Å²) >= 11 is 3.19. The SMILES string of the molecule is NCCCCCOc1ccc(Br)cc1F. The zero-order valence-electron chi connectivity index (χ0n) is 8.51. The fourth-order valence-electron chi connectivity index (χ4n) is 1.20. The molecule has 0 fully saturated rings. The second-order valence-electron chi connectivity index (χ2n) is 3.27. The van der Waals surface area contributed by atoms with Crippen LogP contribution in [0.1, 0.15) is 19.3 Å². The van der Waals surface area contributed by atoms with Crippen LogP contribution in [0.4, 0.5) is 4.39 Å². The van der Waals surface area contributed by atoms with Crippen LogP contribution in [0.25, 0.3) is 0 Å². The van der Waals surface area contributed by atoms with Crippen molar-refractivity contribution in [1.82, 2.24) is 0 Å². The van der Waals surface area contributed by atoms with Gasteiger partial charge in [-0.25, -0.2) is 4.39 Å². The number of ether oxygens (including phenoxy) is 1. The maximum atomic E-state index is 13.3. The molecule has 0 spiro atoms. The van der Waals surface area contributed by atoms with Crippen LogP contribution in [0.5, 0.6) is 5.75 Å². The first-order chi connectivity index (χ1) is 7.24. The predicted molar refractivity (Wildman–Crippen MR) is 62.5 cm³/mol. The van der Waals surface area contributed by atoms with Crippen molar-refractivity contribution in [1.29, 1.82) is 0 Å². The van der Waals surface area contributed by atoms with E-state index in [9.17, 15) is 4.39 Å². The van der Waals surface area contributed by atoms with E-state index >= 15 is 0 Å². The molecule has 0 aromatic heterocycles. The van der Waals surface area contributed by atoms with Gasteiger partial charge in [0.15, 0.2) is 11.6 Å². The average molecular weight is 276 g/mol. The minimum atomic E-state index is -0.330. The molecule has 0 heterocycles. The predicted octanol–water partition coefficient (Wildman–Crippen LogP) is 3.10. The topological polar surface area (TPSA) is 35.2 Å². The van der Waals surface area contributed by atoms with Gasteiger partial charge in [0.2, 0.25) is 0 Å². The lowest BCUT2D eigenvalue weighted by Crippen LogP contribution is -2.02. The molecule has 4 heteroatoms. The van der Waals surface area contributed by atoms with E-state index in [0.717, 1.165) is 23.7 Å². The van der Waals surface area contributed by atoms with Gasteiger partial charge >= 0.3 is 0 Å². The van der Waals surface area contributed by atoms with Crippen molar-refractivity contribution >= 4 is 15.9 Å². The highest BCUT2D eigenvalue weighted by atomic mass is 79.9. The molecule has 1 aromatic carbocycles. The summed E-state index contributed by atoms with van der Waals surface area (Å²) in [5.41, 5.74) is 5.36. The Morgan fingerprint density at radius 3 is 2.73 bits per heavy atom. The van der Waals surface area contributed by atoms with Gasteiger partial charge in [-0.15, -0.1) is 0 Å². The molecular weight excluding hydrogens is 261 g/mol. The molecule has 0 saturated heterocycles. The van der Waals surface area contributed by atoms with Crippen LogP contribution in [0.3, 0.4) is 0 Å². The summed E-state index contributed by atoms with van der Waals surface area (Å²) < 4.78 is 19.3. The molecule has 1 aromatic rings. The Bertz CT molecular complexity index is 307. The molecular formula is C11H15BrFNO. The van der Waals surface area contributed by atoms with Crippen molar-refractivity contribution in [3.8, 4) is 5.75 Å². The lowest BCUT2D eigenvalue weighted by molar-refractivity contribution is 0.291. The molecule has 1 rings (SSSR count). The van der Waals surface area contributed by atoms with Gasteiger partial charge in [0.05, 0.1) is 6.61 Å². The van der Waals surface area contributed by atoms with Crippen molar-refractivity contribution in [2.45, 2.75) is 19.3 Å². The number of rotatable bonds is 6. The molecule has 2 nitrogen and oxygen atoms in total. The molecule has 0 aliphatic rings. The van der Waals surface area contributed by atoms with Crippen LogP contribution in [-0.2, 0) is 0 Å². The zero-order valence-corrected chi connectivity index (χ0v) is 10.1. The second-order valence-corrected chi connectivity index (χ2v) is 4.19. The fraction of sp³-hybridized carbons (Fsp3) is 0.455. The number of unbranched alkanes of at least 4 members (excludes halogenated alkanes) is 2. The highest BCUT2D eigenvalue weighted by Crippen LogP contribution is 2.21. The van der Waals surface area contributed by atoms with Gasteiger partial charge < -0.3 is 10.5 Å². The van der Waals surface area contributed by atoms with Crippen LogP contribution in [0.2, 0.25) is 0 Å². The van der Waals surface area contributed by atoms with Crippen LogP contribution in [-0.4, -0.2) is 13.2 Å². The smallest absolute Gasteiger partial charge is 0.166 e. The summed E-state index contributed by atoms with van der Waals surface area (Å²) in [6.07, 6.45) is 2.92. The van der Waals surface area contributed by atoms with E-state index in [1.807, 2.05) is 0 Å². The third kappa shape index (κ3) is 4.62. The lowest BCUT2D eigenvalue weighted by atomic mass is 10.2. The maximum absolute atomic E-state index is 13.3. The molecule has 0 radical (unpaired) electrons. The maximum Gasteiger partial charge on any atom is 0.166 e. The Morgan fingerprint density at radius 2 is 2.07 bits per heavy atom. The highest BCUT2D eigenvalue weighted by molar-refractivity contribution is 9.10. The summed E-state index contributed by atoms with van der Waals surface area (Å²) in [5, 5.41) is 0. The average Bonchev–Trinajstić information content (AvgIpc) is 2.20. The summed E-state index contributed by atoms with van der Waals surface area (Å²) in [5.74, 6) is -0.0193. The van der Waals surface area contributed by atoms with E-state index in [1.165, 1.54) is 6.07 Å². The van der Waals surface area contributed by atoms with Gasteiger partial charge in [-0.2, -0.15) is 0 Å². The quantitative estimate of drug-likeness (QED) is 0.810. The molecule has 0 atom stereocenters. The number of nitrogens with two attached hydrogens (primary N) is 1. The summed E-state index contributed by atoms with van der Waals surface area (Å²) in [4.78, 5) is 0. The van der Waals surface area contributed by atoms with E-state index in [1.54, 1.807) is 12.1 Å².